The minimum absolute atomic E-state index is 0.153. The zero-order chi connectivity index (χ0) is 13.2. The number of hydrogen-bond donors (Lipinski definition) is 1. The standard InChI is InChI=1S/C16H21BrFN/c17-13-6-8-16(15(18)10-13)19-14-7-5-11-3-1-2-4-12(11)9-14/h6,8,10-12,14,19H,1-5,7,9H2. The van der Waals surface area contributed by atoms with E-state index in [0.29, 0.717) is 11.7 Å². The molecule has 1 aromatic rings. The highest BCUT2D eigenvalue weighted by atomic mass is 79.9. The summed E-state index contributed by atoms with van der Waals surface area (Å²) in [5.41, 5.74) is 0.655. The van der Waals surface area contributed by atoms with Crippen molar-refractivity contribution in [3.05, 3.63) is 28.5 Å². The van der Waals surface area contributed by atoms with Crippen molar-refractivity contribution in [2.75, 3.05) is 5.32 Å². The van der Waals surface area contributed by atoms with E-state index in [0.717, 1.165) is 16.3 Å². The van der Waals surface area contributed by atoms with Crippen LogP contribution in [0.2, 0.25) is 0 Å². The molecule has 0 amide bonds. The van der Waals surface area contributed by atoms with E-state index in [1.54, 1.807) is 0 Å². The van der Waals surface area contributed by atoms with E-state index in [9.17, 15) is 4.39 Å². The molecule has 2 aliphatic carbocycles. The smallest absolute Gasteiger partial charge is 0.147 e. The van der Waals surface area contributed by atoms with Crippen LogP contribution in [0.15, 0.2) is 22.7 Å². The molecule has 0 aliphatic heterocycles. The predicted octanol–water partition coefficient (Wildman–Crippen LogP) is 5.36. The van der Waals surface area contributed by atoms with Gasteiger partial charge in [-0.25, -0.2) is 4.39 Å². The second-order valence-corrected chi connectivity index (χ2v) is 7.00. The molecule has 0 aromatic heterocycles. The van der Waals surface area contributed by atoms with Crippen molar-refractivity contribution in [1.29, 1.82) is 0 Å². The third-order valence-electron chi connectivity index (χ3n) is 4.83. The van der Waals surface area contributed by atoms with Gasteiger partial charge >= 0.3 is 0 Å². The summed E-state index contributed by atoms with van der Waals surface area (Å²) in [4.78, 5) is 0. The van der Waals surface area contributed by atoms with E-state index >= 15 is 0 Å². The number of fused-ring (bicyclic) bond motifs is 1. The Balaban J connectivity index is 1.64. The van der Waals surface area contributed by atoms with Gasteiger partial charge in [-0.3, -0.25) is 0 Å². The number of benzene rings is 1. The Kier molecular flexibility index (Phi) is 4.11. The lowest BCUT2D eigenvalue weighted by atomic mass is 9.69. The highest BCUT2D eigenvalue weighted by molar-refractivity contribution is 9.10. The van der Waals surface area contributed by atoms with Crippen molar-refractivity contribution < 1.29 is 4.39 Å². The summed E-state index contributed by atoms with van der Waals surface area (Å²) in [5.74, 6) is 1.67. The fraction of sp³-hybridized carbons (Fsp3) is 0.625. The third kappa shape index (κ3) is 3.13. The van der Waals surface area contributed by atoms with Crippen molar-refractivity contribution in [3.63, 3.8) is 0 Å². The highest BCUT2D eigenvalue weighted by Crippen LogP contribution is 2.41. The molecule has 2 aliphatic rings. The zero-order valence-corrected chi connectivity index (χ0v) is 12.8. The average Bonchev–Trinajstić information content (AvgIpc) is 2.42. The Morgan fingerprint density at radius 2 is 1.84 bits per heavy atom. The maximum Gasteiger partial charge on any atom is 0.147 e. The molecule has 0 heterocycles. The molecule has 0 bridgehead atoms. The molecule has 3 rings (SSSR count). The Hall–Kier alpha value is -0.570. The maximum atomic E-state index is 13.8. The van der Waals surface area contributed by atoms with Gasteiger partial charge in [-0.05, 0) is 49.3 Å². The molecule has 2 fully saturated rings. The molecular formula is C16H21BrFN. The first-order valence-corrected chi connectivity index (χ1v) is 8.23. The van der Waals surface area contributed by atoms with E-state index in [1.165, 1.54) is 51.0 Å². The molecule has 1 aromatic carbocycles. The van der Waals surface area contributed by atoms with Gasteiger partial charge < -0.3 is 5.32 Å². The Morgan fingerprint density at radius 1 is 1.05 bits per heavy atom. The first kappa shape index (κ1) is 13.4. The minimum atomic E-state index is -0.153. The zero-order valence-electron chi connectivity index (χ0n) is 11.2. The lowest BCUT2D eigenvalue weighted by Gasteiger charge is -2.39. The van der Waals surface area contributed by atoms with Gasteiger partial charge in [0.1, 0.15) is 5.82 Å². The van der Waals surface area contributed by atoms with Gasteiger partial charge in [0.05, 0.1) is 5.69 Å². The number of nitrogens with one attached hydrogen (secondary N) is 1. The van der Waals surface area contributed by atoms with E-state index in [1.807, 2.05) is 12.1 Å². The van der Waals surface area contributed by atoms with Crippen LogP contribution >= 0.6 is 15.9 Å². The fourth-order valence-corrected chi connectivity index (χ4v) is 4.16. The SMILES string of the molecule is Fc1cc(Br)ccc1NC1CCC2CCCCC2C1. The lowest BCUT2D eigenvalue weighted by Crippen LogP contribution is -2.34. The molecule has 2 saturated carbocycles. The highest BCUT2D eigenvalue weighted by Gasteiger charge is 2.32. The second-order valence-electron chi connectivity index (χ2n) is 6.08. The first-order chi connectivity index (χ1) is 9.22. The fourth-order valence-electron chi connectivity index (χ4n) is 3.83. The van der Waals surface area contributed by atoms with Crippen molar-refractivity contribution in [2.24, 2.45) is 11.8 Å². The van der Waals surface area contributed by atoms with Crippen LogP contribution in [0.25, 0.3) is 0 Å². The van der Waals surface area contributed by atoms with Crippen LogP contribution in [0.1, 0.15) is 44.9 Å². The summed E-state index contributed by atoms with van der Waals surface area (Å²) in [5, 5.41) is 3.41. The van der Waals surface area contributed by atoms with Crippen LogP contribution in [-0.4, -0.2) is 6.04 Å². The molecule has 3 atom stereocenters. The van der Waals surface area contributed by atoms with Crippen LogP contribution in [0, 0.1) is 17.7 Å². The molecule has 1 nitrogen and oxygen atoms in total. The number of halogens is 2. The first-order valence-electron chi connectivity index (χ1n) is 7.44. The molecule has 3 heteroatoms. The summed E-state index contributed by atoms with van der Waals surface area (Å²) in [6.45, 7) is 0. The van der Waals surface area contributed by atoms with Crippen LogP contribution in [0.3, 0.4) is 0 Å². The Morgan fingerprint density at radius 3 is 2.63 bits per heavy atom. The summed E-state index contributed by atoms with van der Waals surface area (Å²) >= 11 is 3.30. The second kappa shape index (κ2) is 5.82. The van der Waals surface area contributed by atoms with E-state index in [-0.39, 0.29) is 5.82 Å². The van der Waals surface area contributed by atoms with Crippen molar-refractivity contribution >= 4 is 21.6 Å². The molecule has 0 radical (unpaired) electrons. The van der Waals surface area contributed by atoms with Gasteiger partial charge in [0, 0.05) is 10.5 Å². The maximum absolute atomic E-state index is 13.8. The van der Waals surface area contributed by atoms with Crippen LogP contribution in [0.4, 0.5) is 10.1 Å². The normalized spacial score (nSPS) is 30.7. The summed E-state index contributed by atoms with van der Waals surface area (Å²) < 4.78 is 14.6. The van der Waals surface area contributed by atoms with Gasteiger partial charge in [0.25, 0.3) is 0 Å². The number of rotatable bonds is 2. The molecule has 0 saturated heterocycles. The van der Waals surface area contributed by atoms with Crippen LogP contribution < -0.4 is 5.32 Å². The van der Waals surface area contributed by atoms with Crippen LogP contribution in [0.5, 0.6) is 0 Å². The molecule has 0 spiro atoms. The molecule has 19 heavy (non-hydrogen) atoms. The quantitative estimate of drug-likeness (QED) is 0.771. The topological polar surface area (TPSA) is 12.0 Å². The monoisotopic (exact) mass is 325 g/mol. The molecule has 3 unspecified atom stereocenters. The van der Waals surface area contributed by atoms with Gasteiger partial charge in [-0.1, -0.05) is 41.6 Å². The summed E-state index contributed by atoms with van der Waals surface area (Å²) in [7, 11) is 0. The third-order valence-corrected chi connectivity index (χ3v) is 5.32. The molecule has 104 valence electrons. The minimum Gasteiger partial charge on any atom is -0.380 e. The van der Waals surface area contributed by atoms with Gasteiger partial charge in [0.2, 0.25) is 0 Å². The Labute approximate surface area is 123 Å². The predicted molar refractivity (Wildman–Crippen MR) is 80.8 cm³/mol. The van der Waals surface area contributed by atoms with E-state index < -0.39 is 0 Å². The van der Waals surface area contributed by atoms with E-state index in [4.69, 9.17) is 0 Å². The van der Waals surface area contributed by atoms with Gasteiger partial charge in [0.15, 0.2) is 0 Å². The van der Waals surface area contributed by atoms with Crippen molar-refractivity contribution in [2.45, 2.75) is 51.0 Å². The summed E-state index contributed by atoms with van der Waals surface area (Å²) in [6.07, 6.45) is 9.34. The Bertz CT molecular complexity index is 448. The number of hydrogen-bond acceptors (Lipinski definition) is 1. The van der Waals surface area contributed by atoms with Gasteiger partial charge in [-0.15, -0.1) is 0 Å². The lowest BCUT2D eigenvalue weighted by molar-refractivity contribution is 0.162. The van der Waals surface area contributed by atoms with Gasteiger partial charge in [-0.2, -0.15) is 0 Å². The van der Waals surface area contributed by atoms with Crippen molar-refractivity contribution in [1.82, 2.24) is 0 Å². The largest absolute Gasteiger partial charge is 0.380 e. The van der Waals surface area contributed by atoms with E-state index in [2.05, 4.69) is 21.2 Å². The number of anilines is 1. The molecular weight excluding hydrogens is 305 g/mol. The summed E-state index contributed by atoms with van der Waals surface area (Å²) in [6, 6.07) is 5.73. The van der Waals surface area contributed by atoms with Crippen LogP contribution in [-0.2, 0) is 0 Å². The van der Waals surface area contributed by atoms with Crippen molar-refractivity contribution in [3.8, 4) is 0 Å². The molecule has 1 N–H and O–H groups in total. The average molecular weight is 326 g/mol.